The lowest BCUT2D eigenvalue weighted by Gasteiger charge is -2.21. The molecule has 2 amide bonds. The minimum Gasteiger partial charge on any atom is -0.391 e. The highest BCUT2D eigenvalue weighted by Gasteiger charge is 2.34. The van der Waals surface area contributed by atoms with Gasteiger partial charge in [0, 0.05) is 11.6 Å². The lowest BCUT2D eigenvalue weighted by Crippen LogP contribution is -2.50. The summed E-state index contributed by atoms with van der Waals surface area (Å²) in [4.78, 5) is 23.9. The second-order valence-corrected chi connectivity index (χ2v) is 5.36. The number of aliphatic hydroxyl groups is 1. The molecule has 5 nitrogen and oxygen atoms in total. The maximum Gasteiger partial charge on any atom is 0.249 e. The molecule has 0 bridgehead atoms. The summed E-state index contributed by atoms with van der Waals surface area (Å²) in [5.41, 5.74) is 1.68. The Morgan fingerprint density at radius 3 is 2.60 bits per heavy atom. The number of rotatable bonds is 5. The number of amides is 2. The topological polar surface area (TPSA) is 78.4 Å². The van der Waals surface area contributed by atoms with E-state index in [2.05, 4.69) is 10.6 Å². The van der Waals surface area contributed by atoms with E-state index in [1.807, 2.05) is 25.1 Å². The molecule has 1 saturated carbocycles. The summed E-state index contributed by atoms with van der Waals surface area (Å²) in [6.45, 7) is 3.42. The number of aryl methyl sites for hydroxylation is 1. The summed E-state index contributed by atoms with van der Waals surface area (Å²) < 4.78 is 0. The van der Waals surface area contributed by atoms with Gasteiger partial charge in [-0.2, -0.15) is 0 Å². The minimum atomic E-state index is -0.942. The van der Waals surface area contributed by atoms with Crippen molar-refractivity contribution in [1.82, 2.24) is 5.32 Å². The number of hydrogen-bond donors (Lipinski definition) is 3. The molecule has 5 heteroatoms. The highest BCUT2D eigenvalue weighted by molar-refractivity contribution is 5.98. The Balaban J connectivity index is 2.00. The molecule has 0 aliphatic heterocycles. The number of aliphatic hydroxyl groups excluding tert-OH is 1. The van der Waals surface area contributed by atoms with Crippen LogP contribution in [0, 0.1) is 12.8 Å². The first-order valence-electron chi connectivity index (χ1n) is 6.83. The van der Waals surface area contributed by atoms with Crippen molar-refractivity contribution in [2.24, 2.45) is 5.92 Å². The maximum atomic E-state index is 12.2. The van der Waals surface area contributed by atoms with Crippen LogP contribution in [-0.4, -0.2) is 29.1 Å². The fourth-order valence-corrected chi connectivity index (χ4v) is 1.96. The van der Waals surface area contributed by atoms with Gasteiger partial charge in [-0.25, -0.2) is 0 Å². The van der Waals surface area contributed by atoms with Crippen molar-refractivity contribution in [3.63, 3.8) is 0 Å². The molecular formula is C15H20N2O3. The molecule has 3 N–H and O–H groups in total. The average Bonchev–Trinajstić information content (AvgIpc) is 3.19. The van der Waals surface area contributed by atoms with Gasteiger partial charge in [-0.1, -0.05) is 12.1 Å². The summed E-state index contributed by atoms with van der Waals surface area (Å²) in [5.74, 6) is -0.557. The van der Waals surface area contributed by atoms with Crippen molar-refractivity contribution in [3.05, 3.63) is 29.8 Å². The van der Waals surface area contributed by atoms with Gasteiger partial charge in [0.1, 0.15) is 6.04 Å². The third-order valence-electron chi connectivity index (χ3n) is 3.30. The first kappa shape index (κ1) is 14.5. The summed E-state index contributed by atoms with van der Waals surface area (Å²) in [6.07, 6.45) is 0.776. The van der Waals surface area contributed by atoms with E-state index in [1.54, 1.807) is 6.07 Å². The molecular weight excluding hydrogens is 256 g/mol. The molecule has 2 unspecified atom stereocenters. The summed E-state index contributed by atoms with van der Waals surface area (Å²) in [5, 5.41) is 15.0. The van der Waals surface area contributed by atoms with Gasteiger partial charge in [0.15, 0.2) is 0 Å². The third kappa shape index (κ3) is 3.81. The van der Waals surface area contributed by atoms with Crippen molar-refractivity contribution < 1.29 is 14.7 Å². The van der Waals surface area contributed by atoms with E-state index >= 15 is 0 Å². The predicted molar refractivity (Wildman–Crippen MR) is 76.1 cm³/mol. The molecule has 1 aromatic carbocycles. The van der Waals surface area contributed by atoms with E-state index in [4.69, 9.17) is 0 Å². The van der Waals surface area contributed by atoms with Gasteiger partial charge >= 0.3 is 0 Å². The van der Waals surface area contributed by atoms with Crippen LogP contribution in [-0.2, 0) is 9.59 Å². The fourth-order valence-electron chi connectivity index (χ4n) is 1.96. The summed E-state index contributed by atoms with van der Waals surface area (Å²) in [6, 6.07) is 6.44. The van der Waals surface area contributed by atoms with Crippen molar-refractivity contribution in [2.45, 2.75) is 38.8 Å². The summed E-state index contributed by atoms with van der Waals surface area (Å²) >= 11 is 0. The Morgan fingerprint density at radius 2 is 2.05 bits per heavy atom. The van der Waals surface area contributed by atoms with Crippen molar-refractivity contribution in [2.75, 3.05) is 5.32 Å². The van der Waals surface area contributed by atoms with Crippen LogP contribution >= 0.6 is 0 Å². The smallest absolute Gasteiger partial charge is 0.249 e. The van der Waals surface area contributed by atoms with Crippen LogP contribution in [0.15, 0.2) is 24.3 Å². The molecule has 108 valence electrons. The minimum absolute atomic E-state index is 0.00280. The van der Waals surface area contributed by atoms with Gasteiger partial charge in [-0.15, -0.1) is 0 Å². The quantitative estimate of drug-likeness (QED) is 0.756. The van der Waals surface area contributed by atoms with Crippen LogP contribution in [0.25, 0.3) is 0 Å². The van der Waals surface area contributed by atoms with Crippen molar-refractivity contribution >= 4 is 17.5 Å². The fraction of sp³-hybridized carbons (Fsp3) is 0.467. The molecule has 0 spiro atoms. The van der Waals surface area contributed by atoms with E-state index in [-0.39, 0.29) is 11.8 Å². The Morgan fingerprint density at radius 1 is 1.35 bits per heavy atom. The van der Waals surface area contributed by atoms with Gasteiger partial charge in [0.2, 0.25) is 11.8 Å². The SMILES string of the molecule is Cc1cccc(NC(=O)C(NC(=O)C2CC2)C(C)O)c1. The highest BCUT2D eigenvalue weighted by atomic mass is 16.3. The molecule has 1 aliphatic carbocycles. The molecule has 2 rings (SSSR count). The molecule has 0 saturated heterocycles. The zero-order chi connectivity index (χ0) is 14.7. The molecule has 0 aromatic heterocycles. The first-order valence-corrected chi connectivity index (χ1v) is 6.83. The number of benzene rings is 1. The first-order chi connectivity index (χ1) is 9.47. The zero-order valence-corrected chi connectivity index (χ0v) is 11.7. The van der Waals surface area contributed by atoms with E-state index < -0.39 is 18.1 Å². The Hall–Kier alpha value is -1.88. The average molecular weight is 276 g/mol. The van der Waals surface area contributed by atoms with Gasteiger partial charge in [-0.05, 0) is 44.4 Å². The standard InChI is InChI=1S/C15H20N2O3/c1-9-4-3-5-12(8-9)16-15(20)13(10(2)18)17-14(19)11-6-7-11/h3-5,8,10-11,13,18H,6-7H2,1-2H3,(H,16,20)(H,17,19). The molecule has 0 radical (unpaired) electrons. The number of anilines is 1. The van der Waals surface area contributed by atoms with E-state index in [0.29, 0.717) is 5.69 Å². The van der Waals surface area contributed by atoms with E-state index in [0.717, 1.165) is 18.4 Å². The molecule has 1 aromatic rings. The second-order valence-electron chi connectivity index (χ2n) is 5.36. The number of carbonyl (C=O) groups is 2. The van der Waals surface area contributed by atoms with Crippen molar-refractivity contribution in [3.8, 4) is 0 Å². The monoisotopic (exact) mass is 276 g/mol. The van der Waals surface area contributed by atoms with Crippen LogP contribution in [0.4, 0.5) is 5.69 Å². The lowest BCUT2D eigenvalue weighted by molar-refractivity contribution is -0.129. The lowest BCUT2D eigenvalue weighted by atomic mass is 10.1. The van der Waals surface area contributed by atoms with Gasteiger partial charge in [0.05, 0.1) is 6.10 Å². The molecule has 0 heterocycles. The third-order valence-corrected chi connectivity index (χ3v) is 3.30. The second kappa shape index (κ2) is 6.05. The molecule has 1 fully saturated rings. The number of nitrogens with one attached hydrogen (secondary N) is 2. The van der Waals surface area contributed by atoms with Crippen LogP contribution < -0.4 is 10.6 Å². The highest BCUT2D eigenvalue weighted by Crippen LogP contribution is 2.29. The van der Waals surface area contributed by atoms with Gasteiger partial charge < -0.3 is 15.7 Å². The Kier molecular flexibility index (Phi) is 4.39. The van der Waals surface area contributed by atoms with Crippen LogP contribution in [0.1, 0.15) is 25.3 Å². The molecule has 2 atom stereocenters. The Labute approximate surface area is 118 Å². The zero-order valence-electron chi connectivity index (χ0n) is 11.7. The van der Waals surface area contributed by atoms with Gasteiger partial charge in [0.25, 0.3) is 0 Å². The van der Waals surface area contributed by atoms with E-state index in [9.17, 15) is 14.7 Å². The molecule has 20 heavy (non-hydrogen) atoms. The Bertz CT molecular complexity index is 510. The van der Waals surface area contributed by atoms with Crippen LogP contribution in [0.5, 0.6) is 0 Å². The van der Waals surface area contributed by atoms with Crippen molar-refractivity contribution in [1.29, 1.82) is 0 Å². The summed E-state index contributed by atoms with van der Waals surface area (Å²) in [7, 11) is 0. The van der Waals surface area contributed by atoms with Crippen LogP contribution in [0.3, 0.4) is 0 Å². The van der Waals surface area contributed by atoms with E-state index in [1.165, 1.54) is 6.92 Å². The largest absolute Gasteiger partial charge is 0.391 e. The number of hydrogen-bond acceptors (Lipinski definition) is 3. The van der Waals surface area contributed by atoms with Gasteiger partial charge in [-0.3, -0.25) is 9.59 Å². The predicted octanol–water partition coefficient (Wildman–Crippen LogP) is 1.21. The maximum absolute atomic E-state index is 12.2. The van der Waals surface area contributed by atoms with Crippen LogP contribution in [0.2, 0.25) is 0 Å². The molecule has 1 aliphatic rings. The normalized spacial score (nSPS) is 17.1. The number of carbonyl (C=O) groups excluding carboxylic acids is 2.